The number of nitrogens with zero attached hydrogens (tertiary/aromatic N) is 2. The minimum atomic E-state index is 0. The standard InChI is InChI=1S/C18H30N4O2.HI/c1-19-18(21-11-14-24-17-6-4-3-5-7-17)20-10-12-22(13-15-23-2)16-8-9-16;/h3-7,16H,8-15H2,1-2H3,(H2,19,20,21);1H. The van der Waals surface area contributed by atoms with Gasteiger partial charge in [0.1, 0.15) is 12.4 Å². The maximum atomic E-state index is 5.66. The van der Waals surface area contributed by atoms with Crippen LogP contribution in [0, 0.1) is 0 Å². The Labute approximate surface area is 168 Å². The largest absolute Gasteiger partial charge is 0.492 e. The van der Waals surface area contributed by atoms with Crippen molar-refractivity contribution in [2.75, 3.05) is 53.6 Å². The highest BCUT2D eigenvalue weighted by molar-refractivity contribution is 14.0. The third kappa shape index (κ3) is 9.27. The lowest BCUT2D eigenvalue weighted by Crippen LogP contribution is -2.43. The van der Waals surface area contributed by atoms with Crippen molar-refractivity contribution in [1.82, 2.24) is 15.5 Å². The fourth-order valence-corrected chi connectivity index (χ4v) is 2.52. The summed E-state index contributed by atoms with van der Waals surface area (Å²) in [7, 11) is 3.55. The Bertz CT molecular complexity index is 483. The highest BCUT2D eigenvalue weighted by Gasteiger charge is 2.28. The Kier molecular flexibility index (Phi) is 11.6. The van der Waals surface area contributed by atoms with Gasteiger partial charge in [0.05, 0.1) is 13.2 Å². The normalized spacial score (nSPS) is 14.1. The zero-order valence-electron chi connectivity index (χ0n) is 15.2. The predicted molar refractivity (Wildman–Crippen MR) is 113 cm³/mol. The van der Waals surface area contributed by atoms with Gasteiger partial charge in [0, 0.05) is 39.8 Å². The molecule has 1 aliphatic carbocycles. The highest BCUT2D eigenvalue weighted by Crippen LogP contribution is 2.25. The molecule has 0 bridgehead atoms. The molecule has 0 unspecified atom stereocenters. The average Bonchev–Trinajstić information content (AvgIpc) is 3.45. The van der Waals surface area contributed by atoms with E-state index in [2.05, 4.69) is 20.5 Å². The van der Waals surface area contributed by atoms with Gasteiger partial charge in [-0.2, -0.15) is 0 Å². The van der Waals surface area contributed by atoms with Crippen LogP contribution in [-0.4, -0.2) is 70.5 Å². The SMILES string of the molecule is CN=C(NCCOc1ccccc1)NCCN(CCOC)C1CC1.I. The second kappa shape index (κ2) is 13.2. The van der Waals surface area contributed by atoms with Gasteiger partial charge in [-0.15, -0.1) is 24.0 Å². The molecule has 1 saturated carbocycles. The molecular formula is C18H31IN4O2. The van der Waals surface area contributed by atoms with Gasteiger partial charge in [-0.3, -0.25) is 9.89 Å². The number of para-hydroxylation sites is 1. The molecule has 0 amide bonds. The Morgan fingerprint density at radius 3 is 2.48 bits per heavy atom. The number of methoxy groups -OCH3 is 1. The van der Waals surface area contributed by atoms with Crippen LogP contribution >= 0.6 is 24.0 Å². The first-order valence-electron chi connectivity index (χ1n) is 8.69. The number of rotatable bonds is 11. The second-order valence-corrected chi connectivity index (χ2v) is 5.85. The molecule has 1 fully saturated rings. The Hall–Kier alpha value is -1.06. The van der Waals surface area contributed by atoms with Gasteiger partial charge in [0.15, 0.2) is 5.96 Å². The molecule has 7 heteroatoms. The molecule has 0 radical (unpaired) electrons. The van der Waals surface area contributed by atoms with Gasteiger partial charge in [-0.1, -0.05) is 18.2 Å². The highest BCUT2D eigenvalue weighted by atomic mass is 127. The molecule has 1 aromatic rings. The minimum Gasteiger partial charge on any atom is -0.492 e. The summed E-state index contributed by atoms with van der Waals surface area (Å²) in [6.07, 6.45) is 2.63. The van der Waals surface area contributed by atoms with E-state index in [-0.39, 0.29) is 24.0 Å². The molecule has 142 valence electrons. The molecule has 0 aliphatic heterocycles. The summed E-state index contributed by atoms with van der Waals surface area (Å²) in [4.78, 5) is 6.74. The van der Waals surface area contributed by atoms with Crippen molar-refractivity contribution in [3.8, 4) is 5.75 Å². The van der Waals surface area contributed by atoms with Crippen LogP contribution in [0.25, 0.3) is 0 Å². The summed E-state index contributed by atoms with van der Waals surface area (Å²) < 4.78 is 10.8. The Balaban J connectivity index is 0.00000312. The molecular weight excluding hydrogens is 431 g/mol. The van der Waals surface area contributed by atoms with Gasteiger partial charge in [-0.05, 0) is 25.0 Å². The van der Waals surface area contributed by atoms with Gasteiger partial charge in [0.25, 0.3) is 0 Å². The van der Waals surface area contributed by atoms with Crippen molar-refractivity contribution in [3.05, 3.63) is 30.3 Å². The van der Waals surface area contributed by atoms with Crippen molar-refractivity contribution in [2.45, 2.75) is 18.9 Å². The van der Waals surface area contributed by atoms with Crippen molar-refractivity contribution < 1.29 is 9.47 Å². The third-order valence-electron chi connectivity index (χ3n) is 3.97. The lowest BCUT2D eigenvalue weighted by atomic mass is 10.3. The Morgan fingerprint density at radius 2 is 1.84 bits per heavy atom. The van der Waals surface area contributed by atoms with Crippen LogP contribution in [0.2, 0.25) is 0 Å². The summed E-state index contributed by atoms with van der Waals surface area (Å²) in [6.45, 7) is 4.99. The molecule has 0 atom stereocenters. The fourth-order valence-electron chi connectivity index (χ4n) is 2.52. The van der Waals surface area contributed by atoms with Gasteiger partial charge < -0.3 is 20.1 Å². The van der Waals surface area contributed by atoms with E-state index in [4.69, 9.17) is 9.47 Å². The molecule has 1 aliphatic rings. The number of hydrogen-bond donors (Lipinski definition) is 2. The van der Waals surface area contributed by atoms with Crippen molar-refractivity contribution in [3.63, 3.8) is 0 Å². The van der Waals surface area contributed by atoms with E-state index in [0.29, 0.717) is 13.2 Å². The van der Waals surface area contributed by atoms with Crippen LogP contribution in [0.1, 0.15) is 12.8 Å². The Morgan fingerprint density at radius 1 is 1.12 bits per heavy atom. The van der Waals surface area contributed by atoms with Gasteiger partial charge >= 0.3 is 0 Å². The lowest BCUT2D eigenvalue weighted by molar-refractivity contribution is 0.144. The molecule has 0 aromatic heterocycles. The van der Waals surface area contributed by atoms with Crippen LogP contribution in [0.5, 0.6) is 5.75 Å². The minimum absolute atomic E-state index is 0. The maximum Gasteiger partial charge on any atom is 0.191 e. The summed E-state index contributed by atoms with van der Waals surface area (Å²) in [5, 5.41) is 6.63. The molecule has 6 nitrogen and oxygen atoms in total. The topological polar surface area (TPSA) is 58.1 Å². The summed E-state index contributed by atoms with van der Waals surface area (Å²) in [6, 6.07) is 10.6. The number of benzene rings is 1. The molecule has 25 heavy (non-hydrogen) atoms. The van der Waals surface area contributed by atoms with Crippen LogP contribution in [0.4, 0.5) is 0 Å². The maximum absolute atomic E-state index is 5.66. The van der Waals surface area contributed by atoms with Crippen LogP contribution in [-0.2, 0) is 4.74 Å². The summed E-state index contributed by atoms with van der Waals surface area (Å²) in [5.74, 6) is 1.70. The lowest BCUT2D eigenvalue weighted by Gasteiger charge is -2.22. The van der Waals surface area contributed by atoms with Crippen molar-refractivity contribution >= 4 is 29.9 Å². The van der Waals surface area contributed by atoms with Crippen molar-refractivity contribution in [1.29, 1.82) is 0 Å². The van der Waals surface area contributed by atoms with Gasteiger partial charge in [-0.25, -0.2) is 0 Å². The quantitative estimate of drug-likeness (QED) is 0.228. The van der Waals surface area contributed by atoms with E-state index >= 15 is 0 Å². The number of hydrogen-bond acceptors (Lipinski definition) is 4. The van der Waals surface area contributed by atoms with E-state index in [0.717, 1.165) is 44.0 Å². The van der Waals surface area contributed by atoms with Crippen LogP contribution < -0.4 is 15.4 Å². The number of ether oxygens (including phenoxy) is 2. The zero-order valence-corrected chi connectivity index (χ0v) is 17.6. The van der Waals surface area contributed by atoms with E-state index in [1.807, 2.05) is 30.3 Å². The van der Waals surface area contributed by atoms with E-state index in [1.165, 1.54) is 12.8 Å². The first-order valence-corrected chi connectivity index (χ1v) is 8.69. The predicted octanol–water partition coefficient (Wildman–Crippen LogP) is 1.96. The second-order valence-electron chi connectivity index (χ2n) is 5.85. The molecule has 0 saturated heterocycles. The third-order valence-corrected chi connectivity index (χ3v) is 3.97. The number of nitrogens with one attached hydrogen (secondary N) is 2. The monoisotopic (exact) mass is 462 g/mol. The fraction of sp³-hybridized carbons (Fsp3) is 0.611. The average molecular weight is 462 g/mol. The van der Waals surface area contributed by atoms with Crippen LogP contribution in [0.3, 0.4) is 0 Å². The zero-order chi connectivity index (χ0) is 17.0. The molecule has 2 rings (SSSR count). The molecule has 2 N–H and O–H groups in total. The van der Waals surface area contributed by atoms with Crippen LogP contribution in [0.15, 0.2) is 35.3 Å². The first-order chi connectivity index (χ1) is 11.8. The van der Waals surface area contributed by atoms with E-state index in [9.17, 15) is 0 Å². The van der Waals surface area contributed by atoms with Gasteiger partial charge in [0.2, 0.25) is 0 Å². The summed E-state index contributed by atoms with van der Waals surface area (Å²) >= 11 is 0. The smallest absolute Gasteiger partial charge is 0.191 e. The molecule has 0 heterocycles. The summed E-state index contributed by atoms with van der Waals surface area (Å²) in [5.41, 5.74) is 0. The number of guanidine groups is 1. The first kappa shape index (κ1) is 22.0. The molecule has 0 spiro atoms. The molecule has 1 aromatic carbocycles. The number of halogens is 1. The van der Waals surface area contributed by atoms with E-state index < -0.39 is 0 Å². The van der Waals surface area contributed by atoms with E-state index in [1.54, 1.807) is 14.2 Å². The number of aliphatic imine (C=N–C) groups is 1. The van der Waals surface area contributed by atoms with Crippen molar-refractivity contribution in [2.24, 2.45) is 4.99 Å².